The Morgan fingerprint density at radius 2 is 2.26 bits per heavy atom. The summed E-state index contributed by atoms with van der Waals surface area (Å²) in [5, 5.41) is 3.58. The Balaban J connectivity index is 2.13. The van der Waals surface area contributed by atoms with E-state index in [1.54, 1.807) is 18.5 Å². The van der Waals surface area contributed by atoms with E-state index in [0.29, 0.717) is 5.82 Å². The summed E-state index contributed by atoms with van der Waals surface area (Å²) in [5.41, 5.74) is 6.24. The lowest BCUT2D eigenvalue weighted by Gasteiger charge is -2.01. The van der Waals surface area contributed by atoms with Crippen molar-refractivity contribution in [2.45, 2.75) is 24.9 Å². The number of hydrogen-bond donors (Lipinski definition) is 2. The summed E-state index contributed by atoms with van der Waals surface area (Å²) in [6.07, 6.45) is 1.50. The number of aryl methyl sites for hydroxylation is 2. The Hall–Kier alpha value is -1.71. The van der Waals surface area contributed by atoms with Crippen molar-refractivity contribution in [3.8, 4) is 0 Å². The van der Waals surface area contributed by atoms with Crippen molar-refractivity contribution in [1.82, 2.24) is 19.4 Å². The highest BCUT2D eigenvalue weighted by Crippen LogP contribution is 2.13. The number of aromatic nitrogens is 3. The monoisotopic (exact) mass is 285 g/mol. The quantitative estimate of drug-likeness (QED) is 0.776. The van der Waals surface area contributed by atoms with E-state index < -0.39 is 10.0 Å². The Morgan fingerprint density at radius 1 is 1.53 bits per heavy atom. The number of sulfonamides is 1. The second-order valence-corrected chi connectivity index (χ2v) is 5.81. The molecule has 0 amide bonds. The first-order valence-electron chi connectivity index (χ1n) is 5.56. The lowest BCUT2D eigenvalue weighted by atomic mass is 10.4. The molecular weight excluding hydrogens is 270 g/mol. The van der Waals surface area contributed by atoms with Crippen LogP contribution in [0.15, 0.2) is 21.7 Å². The molecule has 0 atom stereocenters. The Kier molecular flexibility index (Phi) is 3.69. The standard InChI is InChI=1S/C10H15N5O3S/c1-7-13-10(18-14-7)5-12-19(16,17)9-3-8(4-11)15(2)6-9/h3,6,12H,4-5,11H2,1-2H3. The predicted molar refractivity (Wildman–Crippen MR) is 66.4 cm³/mol. The van der Waals surface area contributed by atoms with Gasteiger partial charge in [0, 0.05) is 25.5 Å². The van der Waals surface area contributed by atoms with Crippen molar-refractivity contribution in [3.05, 3.63) is 29.7 Å². The largest absolute Gasteiger partial charge is 0.352 e. The SMILES string of the molecule is Cc1noc(CNS(=O)(=O)c2cc(CN)n(C)c2)n1. The second kappa shape index (κ2) is 5.11. The topological polar surface area (TPSA) is 116 Å². The van der Waals surface area contributed by atoms with Gasteiger partial charge in [0.25, 0.3) is 0 Å². The Morgan fingerprint density at radius 3 is 2.79 bits per heavy atom. The molecule has 0 aliphatic heterocycles. The van der Waals surface area contributed by atoms with Crippen molar-refractivity contribution in [2.24, 2.45) is 12.8 Å². The Bertz CT molecular complexity index is 673. The third-order valence-corrected chi connectivity index (χ3v) is 3.95. The molecule has 0 unspecified atom stereocenters. The minimum absolute atomic E-state index is 0.0456. The molecule has 0 saturated heterocycles. The van der Waals surface area contributed by atoms with Crippen LogP contribution in [0.1, 0.15) is 17.4 Å². The van der Waals surface area contributed by atoms with Crippen molar-refractivity contribution in [2.75, 3.05) is 0 Å². The van der Waals surface area contributed by atoms with Crippen LogP contribution in [0.3, 0.4) is 0 Å². The maximum atomic E-state index is 12.0. The van der Waals surface area contributed by atoms with Gasteiger partial charge in [-0.3, -0.25) is 0 Å². The van der Waals surface area contributed by atoms with E-state index in [9.17, 15) is 8.42 Å². The van der Waals surface area contributed by atoms with Gasteiger partial charge in [-0.2, -0.15) is 4.98 Å². The molecule has 0 bridgehead atoms. The van der Waals surface area contributed by atoms with Crippen molar-refractivity contribution in [1.29, 1.82) is 0 Å². The van der Waals surface area contributed by atoms with Crippen LogP contribution in [0.2, 0.25) is 0 Å². The number of nitrogens with two attached hydrogens (primary N) is 1. The molecule has 0 saturated carbocycles. The molecule has 0 aromatic carbocycles. The molecule has 0 spiro atoms. The summed E-state index contributed by atoms with van der Waals surface area (Å²) in [5.74, 6) is 0.676. The molecule has 2 rings (SSSR count). The van der Waals surface area contributed by atoms with Crippen LogP contribution >= 0.6 is 0 Å². The van der Waals surface area contributed by atoms with E-state index in [-0.39, 0.29) is 23.9 Å². The minimum atomic E-state index is -3.62. The molecule has 0 aliphatic rings. The van der Waals surface area contributed by atoms with Gasteiger partial charge in [0.1, 0.15) is 0 Å². The van der Waals surface area contributed by atoms with E-state index in [4.69, 9.17) is 10.3 Å². The maximum absolute atomic E-state index is 12.0. The van der Waals surface area contributed by atoms with Gasteiger partial charge in [-0.1, -0.05) is 5.16 Å². The van der Waals surface area contributed by atoms with Crippen molar-refractivity contribution in [3.63, 3.8) is 0 Å². The summed E-state index contributed by atoms with van der Waals surface area (Å²) < 4.78 is 33.0. The van der Waals surface area contributed by atoms with Crippen LogP contribution in [0, 0.1) is 6.92 Å². The van der Waals surface area contributed by atoms with Crippen LogP contribution in [0.4, 0.5) is 0 Å². The molecule has 9 heteroatoms. The van der Waals surface area contributed by atoms with Gasteiger partial charge in [-0.15, -0.1) is 0 Å². The van der Waals surface area contributed by atoms with Crippen LogP contribution < -0.4 is 10.5 Å². The van der Waals surface area contributed by atoms with Crippen LogP contribution in [0.25, 0.3) is 0 Å². The zero-order valence-corrected chi connectivity index (χ0v) is 11.4. The van der Waals surface area contributed by atoms with Gasteiger partial charge >= 0.3 is 0 Å². The summed E-state index contributed by atoms with van der Waals surface area (Å²) in [7, 11) is -1.88. The molecule has 3 N–H and O–H groups in total. The molecule has 2 aromatic heterocycles. The fourth-order valence-electron chi connectivity index (χ4n) is 1.58. The lowest BCUT2D eigenvalue weighted by Crippen LogP contribution is -2.23. The van der Waals surface area contributed by atoms with E-state index in [2.05, 4.69) is 14.9 Å². The molecule has 8 nitrogen and oxygen atoms in total. The second-order valence-electron chi connectivity index (χ2n) is 4.04. The first-order valence-corrected chi connectivity index (χ1v) is 7.05. The third-order valence-electron chi connectivity index (χ3n) is 2.59. The van der Waals surface area contributed by atoms with Gasteiger partial charge in [0.2, 0.25) is 15.9 Å². The average molecular weight is 285 g/mol. The fraction of sp³-hybridized carbons (Fsp3) is 0.400. The number of rotatable bonds is 5. The fourth-order valence-corrected chi connectivity index (χ4v) is 2.65. The van der Waals surface area contributed by atoms with E-state index in [1.807, 2.05) is 0 Å². The number of nitrogens with one attached hydrogen (secondary N) is 1. The van der Waals surface area contributed by atoms with E-state index in [0.717, 1.165) is 5.69 Å². The zero-order chi connectivity index (χ0) is 14.0. The van der Waals surface area contributed by atoms with Gasteiger partial charge < -0.3 is 14.8 Å². The summed E-state index contributed by atoms with van der Waals surface area (Å²) >= 11 is 0. The molecule has 19 heavy (non-hydrogen) atoms. The minimum Gasteiger partial charge on any atom is -0.352 e. The number of hydrogen-bond acceptors (Lipinski definition) is 6. The van der Waals surface area contributed by atoms with Gasteiger partial charge in [-0.25, -0.2) is 13.1 Å². The van der Waals surface area contributed by atoms with E-state index >= 15 is 0 Å². The third kappa shape index (κ3) is 3.00. The molecular formula is C10H15N5O3S. The van der Waals surface area contributed by atoms with Gasteiger partial charge in [-0.05, 0) is 13.0 Å². The Labute approximate surface area is 110 Å². The smallest absolute Gasteiger partial charge is 0.242 e. The first kappa shape index (κ1) is 13.7. The molecule has 2 aromatic rings. The van der Waals surface area contributed by atoms with E-state index in [1.165, 1.54) is 12.3 Å². The molecule has 0 fully saturated rings. The average Bonchev–Trinajstić information content (AvgIpc) is 2.93. The zero-order valence-electron chi connectivity index (χ0n) is 10.6. The highest BCUT2D eigenvalue weighted by Gasteiger charge is 2.18. The molecule has 2 heterocycles. The van der Waals surface area contributed by atoms with Crippen LogP contribution in [0.5, 0.6) is 0 Å². The lowest BCUT2D eigenvalue weighted by molar-refractivity contribution is 0.372. The summed E-state index contributed by atoms with van der Waals surface area (Å²) in [6.45, 7) is 1.89. The maximum Gasteiger partial charge on any atom is 0.242 e. The summed E-state index contributed by atoms with van der Waals surface area (Å²) in [6, 6.07) is 1.53. The number of nitrogens with zero attached hydrogens (tertiary/aromatic N) is 3. The highest BCUT2D eigenvalue weighted by atomic mass is 32.2. The van der Waals surface area contributed by atoms with Crippen LogP contribution in [-0.4, -0.2) is 23.1 Å². The first-order chi connectivity index (χ1) is 8.92. The van der Waals surface area contributed by atoms with Crippen LogP contribution in [-0.2, 0) is 30.2 Å². The van der Waals surface area contributed by atoms with Crippen molar-refractivity contribution < 1.29 is 12.9 Å². The van der Waals surface area contributed by atoms with Gasteiger partial charge in [0.05, 0.1) is 11.4 Å². The molecule has 0 aliphatic carbocycles. The molecule has 104 valence electrons. The normalized spacial score (nSPS) is 11.9. The highest BCUT2D eigenvalue weighted by molar-refractivity contribution is 7.89. The molecule has 0 radical (unpaired) electrons. The summed E-state index contributed by atoms with van der Waals surface area (Å²) in [4.78, 5) is 4.08. The predicted octanol–water partition coefficient (Wildman–Crippen LogP) is -0.346. The van der Waals surface area contributed by atoms with Gasteiger partial charge in [0.15, 0.2) is 5.82 Å². The van der Waals surface area contributed by atoms with Crippen molar-refractivity contribution >= 4 is 10.0 Å².